The van der Waals surface area contributed by atoms with Crippen LogP contribution < -0.4 is 5.73 Å². The molecular formula is C13H26N2O. The van der Waals surface area contributed by atoms with Gasteiger partial charge in [0.05, 0.1) is 0 Å². The highest BCUT2D eigenvalue weighted by Gasteiger charge is 2.30. The molecule has 4 unspecified atom stereocenters. The summed E-state index contributed by atoms with van der Waals surface area (Å²) in [7, 11) is 0. The predicted molar refractivity (Wildman–Crippen MR) is 66.1 cm³/mol. The van der Waals surface area contributed by atoms with Crippen LogP contribution in [0.2, 0.25) is 0 Å². The Morgan fingerprint density at radius 1 is 1.31 bits per heavy atom. The zero-order valence-corrected chi connectivity index (χ0v) is 10.4. The van der Waals surface area contributed by atoms with Gasteiger partial charge in [0.2, 0.25) is 0 Å². The summed E-state index contributed by atoms with van der Waals surface area (Å²) in [5.74, 6) is 2.04. The average Bonchev–Trinajstić information content (AvgIpc) is 2.71. The monoisotopic (exact) mass is 226 g/mol. The van der Waals surface area contributed by atoms with E-state index in [1.54, 1.807) is 0 Å². The van der Waals surface area contributed by atoms with Crippen LogP contribution in [0.5, 0.6) is 0 Å². The van der Waals surface area contributed by atoms with Gasteiger partial charge in [-0.05, 0) is 50.0 Å². The lowest BCUT2D eigenvalue weighted by Crippen LogP contribution is -2.42. The summed E-state index contributed by atoms with van der Waals surface area (Å²) < 4.78 is 0. The Balaban J connectivity index is 1.80. The third-order valence-corrected chi connectivity index (χ3v) is 4.42. The highest BCUT2D eigenvalue weighted by atomic mass is 16.3. The molecule has 0 aromatic heterocycles. The molecule has 1 saturated heterocycles. The molecule has 94 valence electrons. The lowest BCUT2D eigenvalue weighted by Gasteiger charge is -2.35. The smallest absolute Gasteiger partial charge is 0.0471 e. The van der Waals surface area contributed by atoms with Crippen LogP contribution in [0.15, 0.2) is 0 Å². The van der Waals surface area contributed by atoms with Gasteiger partial charge in [-0.25, -0.2) is 0 Å². The molecule has 4 atom stereocenters. The molecule has 0 aromatic rings. The van der Waals surface area contributed by atoms with E-state index in [0.717, 1.165) is 32.0 Å². The summed E-state index contributed by atoms with van der Waals surface area (Å²) in [5, 5.41) is 9.13. The van der Waals surface area contributed by atoms with Crippen molar-refractivity contribution in [3.63, 3.8) is 0 Å². The van der Waals surface area contributed by atoms with Gasteiger partial charge < -0.3 is 15.7 Å². The molecule has 1 saturated carbocycles. The van der Waals surface area contributed by atoms with Crippen LogP contribution in [0.1, 0.15) is 32.6 Å². The van der Waals surface area contributed by atoms with Gasteiger partial charge in [0, 0.05) is 25.7 Å². The van der Waals surface area contributed by atoms with Crippen LogP contribution in [0.4, 0.5) is 0 Å². The van der Waals surface area contributed by atoms with Crippen LogP contribution in [-0.2, 0) is 0 Å². The van der Waals surface area contributed by atoms with Crippen LogP contribution in [0.25, 0.3) is 0 Å². The third kappa shape index (κ3) is 2.96. The molecule has 0 radical (unpaired) electrons. The molecule has 16 heavy (non-hydrogen) atoms. The van der Waals surface area contributed by atoms with Crippen molar-refractivity contribution in [2.24, 2.45) is 23.5 Å². The molecule has 3 nitrogen and oxygen atoms in total. The maximum Gasteiger partial charge on any atom is 0.0471 e. The molecule has 3 heteroatoms. The maximum atomic E-state index is 9.13. The standard InChI is InChI=1S/C13H26N2O/c1-10-2-3-13(14)12(6-10)8-15-5-4-11(7-15)9-16/h10-13,16H,2-9,14H2,1H3. The molecule has 0 amide bonds. The Bertz CT molecular complexity index is 222. The summed E-state index contributed by atoms with van der Waals surface area (Å²) >= 11 is 0. The molecule has 1 aliphatic heterocycles. The van der Waals surface area contributed by atoms with E-state index in [0.29, 0.717) is 24.5 Å². The fourth-order valence-electron chi connectivity index (χ4n) is 3.29. The molecule has 0 bridgehead atoms. The van der Waals surface area contributed by atoms with Crippen LogP contribution >= 0.6 is 0 Å². The number of nitrogens with zero attached hydrogens (tertiary/aromatic N) is 1. The largest absolute Gasteiger partial charge is 0.396 e. The second-order valence-electron chi connectivity index (χ2n) is 5.94. The molecule has 1 heterocycles. The van der Waals surface area contributed by atoms with Gasteiger partial charge in [0.1, 0.15) is 0 Å². The van der Waals surface area contributed by atoms with Crippen molar-refractivity contribution in [2.45, 2.75) is 38.6 Å². The van der Waals surface area contributed by atoms with Crippen molar-refractivity contribution >= 4 is 0 Å². The number of rotatable bonds is 3. The van der Waals surface area contributed by atoms with Gasteiger partial charge >= 0.3 is 0 Å². The summed E-state index contributed by atoms with van der Waals surface area (Å²) in [6, 6.07) is 0.407. The lowest BCUT2D eigenvalue weighted by atomic mass is 9.79. The number of likely N-dealkylation sites (tertiary alicyclic amines) is 1. The molecule has 3 N–H and O–H groups in total. The Hall–Kier alpha value is -0.120. The Morgan fingerprint density at radius 3 is 2.81 bits per heavy atom. The topological polar surface area (TPSA) is 49.5 Å². The fourth-order valence-corrected chi connectivity index (χ4v) is 3.29. The highest BCUT2D eigenvalue weighted by molar-refractivity contribution is 4.85. The summed E-state index contributed by atoms with van der Waals surface area (Å²) in [5.41, 5.74) is 6.21. The fraction of sp³-hybridized carbons (Fsp3) is 1.00. The first-order chi connectivity index (χ1) is 7.69. The highest BCUT2D eigenvalue weighted by Crippen LogP contribution is 2.29. The van der Waals surface area contributed by atoms with Gasteiger partial charge in [-0.1, -0.05) is 6.92 Å². The maximum absolute atomic E-state index is 9.13. The zero-order chi connectivity index (χ0) is 11.5. The van der Waals surface area contributed by atoms with Gasteiger partial charge in [-0.2, -0.15) is 0 Å². The van der Waals surface area contributed by atoms with E-state index in [-0.39, 0.29) is 0 Å². The van der Waals surface area contributed by atoms with Crippen molar-refractivity contribution in [3.8, 4) is 0 Å². The molecular weight excluding hydrogens is 200 g/mol. The van der Waals surface area contributed by atoms with E-state index in [2.05, 4.69) is 11.8 Å². The average molecular weight is 226 g/mol. The number of nitrogens with two attached hydrogens (primary N) is 1. The van der Waals surface area contributed by atoms with Gasteiger partial charge in [0.25, 0.3) is 0 Å². The van der Waals surface area contributed by atoms with E-state index in [1.165, 1.54) is 19.3 Å². The van der Waals surface area contributed by atoms with E-state index in [9.17, 15) is 0 Å². The molecule has 2 fully saturated rings. The van der Waals surface area contributed by atoms with Crippen LogP contribution in [0, 0.1) is 17.8 Å². The van der Waals surface area contributed by atoms with E-state index in [1.807, 2.05) is 0 Å². The van der Waals surface area contributed by atoms with E-state index in [4.69, 9.17) is 10.8 Å². The molecule has 0 aromatic carbocycles. The summed E-state index contributed by atoms with van der Waals surface area (Å²) in [6.45, 7) is 6.09. The van der Waals surface area contributed by atoms with Crippen LogP contribution in [0.3, 0.4) is 0 Å². The van der Waals surface area contributed by atoms with Gasteiger partial charge in [-0.15, -0.1) is 0 Å². The van der Waals surface area contributed by atoms with Crippen molar-refractivity contribution in [3.05, 3.63) is 0 Å². The van der Waals surface area contributed by atoms with Gasteiger partial charge in [0.15, 0.2) is 0 Å². The summed E-state index contributed by atoms with van der Waals surface area (Å²) in [4.78, 5) is 2.50. The minimum atomic E-state index is 0.351. The van der Waals surface area contributed by atoms with Crippen molar-refractivity contribution in [2.75, 3.05) is 26.2 Å². The van der Waals surface area contributed by atoms with Crippen molar-refractivity contribution in [1.29, 1.82) is 0 Å². The predicted octanol–water partition coefficient (Wildman–Crippen LogP) is 1.06. The normalized spacial score (nSPS) is 41.4. The molecule has 2 rings (SSSR count). The SMILES string of the molecule is CC1CCC(N)C(CN2CCC(CO)C2)C1. The first-order valence-corrected chi connectivity index (χ1v) is 6.77. The first-order valence-electron chi connectivity index (χ1n) is 6.77. The molecule has 2 aliphatic rings. The summed E-state index contributed by atoms with van der Waals surface area (Å²) in [6.07, 6.45) is 4.95. The van der Waals surface area contributed by atoms with Crippen molar-refractivity contribution < 1.29 is 5.11 Å². The number of hydrogen-bond donors (Lipinski definition) is 2. The quantitative estimate of drug-likeness (QED) is 0.756. The minimum absolute atomic E-state index is 0.351. The van der Waals surface area contributed by atoms with E-state index < -0.39 is 0 Å². The molecule has 1 aliphatic carbocycles. The van der Waals surface area contributed by atoms with Crippen LogP contribution in [-0.4, -0.2) is 42.3 Å². The number of aliphatic hydroxyl groups is 1. The molecule has 0 spiro atoms. The van der Waals surface area contributed by atoms with E-state index >= 15 is 0 Å². The Morgan fingerprint density at radius 2 is 2.12 bits per heavy atom. The second kappa shape index (κ2) is 5.48. The van der Waals surface area contributed by atoms with Crippen molar-refractivity contribution in [1.82, 2.24) is 4.90 Å². The second-order valence-corrected chi connectivity index (χ2v) is 5.94. The lowest BCUT2D eigenvalue weighted by molar-refractivity contribution is 0.169. The zero-order valence-electron chi connectivity index (χ0n) is 10.4. The number of hydrogen-bond acceptors (Lipinski definition) is 3. The van der Waals surface area contributed by atoms with Gasteiger partial charge in [-0.3, -0.25) is 0 Å². The number of aliphatic hydroxyl groups excluding tert-OH is 1. The minimum Gasteiger partial charge on any atom is -0.396 e. The first kappa shape index (κ1) is 12.3. The Labute approximate surface area is 99.0 Å². The third-order valence-electron chi connectivity index (χ3n) is 4.42. The Kier molecular flexibility index (Phi) is 4.22.